The second-order valence-electron chi connectivity index (χ2n) is 2.91. The first kappa shape index (κ1) is 7.96. The lowest BCUT2D eigenvalue weighted by molar-refractivity contribution is 0.391. The highest BCUT2D eigenvalue weighted by Crippen LogP contribution is 2.22. The fraction of sp³-hybridized carbons (Fsp3) is 0.857. The third-order valence-electron chi connectivity index (χ3n) is 1.35. The van der Waals surface area contributed by atoms with E-state index in [9.17, 15) is 0 Å². The Morgan fingerprint density at radius 3 is 2.12 bits per heavy atom. The van der Waals surface area contributed by atoms with Crippen LogP contribution in [0, 0.1) is 12.0 Å². The van der Waals surface area contributed by atoms with E-state index in [0.717, 1.165) is 0 Å². The van der Waals surface area contributed by atoms with E-state index in [2.05, 4.69) is 20.8 Å². The second kappa shape index (κ2) is 3.08. The molecule has 0 aromatic heterocycles. The average molecular weight is 114 g/mol. The van der Waals surface area contributed by atoms with E-state index >= 15 is 0 Å². The van der Waals surface area contributed by atoms with Gasteiger partial charge in [-0.15, -0.1) is 0 Å². The van der Waals surface area contributed by atoms with Crippen molar-refractivity contribution in [2.75, 3.05) is 0 Å². The maximum absolute atomic E-state index is 5.37. The van der Waals surface area contributed by atoms with Crippen molar-refractivity contribution in [1.82, 2.24) is 0 Å². The summed E-state index contributed by atoms with van der Waals surface area (Å²) in [5.41, 5.74) is 5.61. The molecule has 1 radical (unpaired) electrons. The van der Waals surface area contributed by atoms with Gasteiger partial charge in [-0.05, 0) is 11.8 Å². The predicted octanol–water partition coefficient (Wildman–Crippen LogP) is 1.93. The number of hydrogen-bond acceptors (Lipinski definition) is 1. The summed E-state index contributed by atoms with van der Waals surface area (Å²) in [4.78, 5) is 0. The van der Waals surface area contributed by atoms with E-state index in [1.165, 1.54) is 12.8 Å². The molecule has 0 saturated heterocycles. The summed E-state index contributed by atoms with van der Waals surface area (Å²) in [5, 5.41) is 0. The Hall–Kier alpha value is -0.0400. The predicted molar refractivity (Wildman–Crippen MR) is 37.2 cm³/mol. The van der Waals surface area contributed by atoms with Crippen molar-refractivity contribution in [3.05, 3.63) is 6.54 Å². The summed E-state index contributed by atoms with van der Waals surface area (Å²) in [5.74, 6) is 0. The Morgan fingerprint density at radius 2 is 2.00 bits per heavy atom. The van der Waals surface area contributed by atoms with E-state index in [1.54, 1.807) is 6.54 Å². The maximum atomic E-state index is 5.37. The molecule has 0 bridgehead atoms. The topological polar surface area (TPSA) is 26.0 Å². The van der Waals surface area contributed by atoms with Gasteiger partial charge in [-0.1, -0.05) is 27.2 Å². The van der Waals surface area contributed by atoms with Crippen molar-refractivity contribution in [3.8, 4) is 0 Å². The summed E-state index contributed by atoms with van der Waals surface area (Å²) < 4.78 is 0. The Bertz CT molecular complexity index is 57.4. The Morgan fingerprint density at radius 1 is 1.50 bits per heavy atom. The van der Waals surface area contributed by atoms with Gasteiger partial charge in [0, 0.05) is 6.54 Å². The van der Waals surface area contributed by atoms with Crippen molar-refractivity contribution >= 4 is 0 Å². The van der Waals surface area contributed by atoms with Gasteiger partial charge >= 0.3 is 0 Å². The third-order valence-corrected chi connectivity index (χ3v) is 1.35. The lowest BCUT2D eigenvalue weighted by Crippen LogP contribution is -2.16. The molecule has 0 unspecified atom stereocenters. The molecule has 0 rings (SSSR count). The zero-order valence-corrected chi connectivity index (χ0v) is 6.07. The minimum Gasteiger partial charge on any atom is -0.326 e. The highest BCUT2D eigenvalue weighted by Gasteiger charge is 2.12. The van der Waals surface area contributed by atoms with Gasteiger partial charge in [0.25, 0.3) is 0 Å². The van der Waals surface area contributed by atoms with Crippen molar-refractivity contribution < 1.29 is 0 Å². The van der Waals surface area contributed by atoms with Crippen LogP contribution >= 0.6 is 0 Å². The van der Waals surface area contributed by atoms with E-state index in [1.807, 2.05) is 0 Å². The maximum Gasteiger partial charge on any atom is 0.0249 e. The third kappa shape index (κ3) is 3.03. The van der Waals surface area contributed by atoms with Gasteiger partial charge in [0.15, 0.2) is 0 Å². The molecule has 0 aromatic carbocycles. The van der Waals surface area contributed by atoms with Crippen molar-refractivity contribution in [2.24, 2.45) is 11.1 Å². The normalized spacial score (nSPS) is 12.0. The minimum absolute atomic E-state index is 0.245. The smallest absolute Gasteiger partial charge is 0.0249 e. The van der Waals surface area contributed by atoms with Crippen LogP contribution in [0.4, 0.5) is 0 Å². The van der Waals surface area contributed by atoms with Crippen LogP contribution in [0.15, 0.2) is 0 Å². The van der Waals surface area contributed by atoms with Crippen LogP contribution < -0.4 is 5.73 Å². The number of nitrogens with two attached hydrogens (primary N) is 1. The van der Waals surface area contributed by atoms with E-state index in [4.69, 9.17) is 5.73 Å². The number of rotatable bonds is 3. The average Bonchev–Trinajstić information content (AvgIpc) is 1.67. The molecule has 0 atom stereocenters. The molecule has 0 heterocycles. The SMILES string of the molecule is CCCC(C)(C)[CH]N. The van der Waals surface area contributed by atoms with Gasteiger partial charge in [-0.3, -0.25) is 0 Å². The van der Waals surface area contributed by atoms with Crippen LogP contribution in [0.25, 0.3) is 0 Å². The van der Waals surface area contributed by atoms with Gasteiger partial charge < -0.3 is 5.73 Å². The summed E-state index contributed by atoms with van der Waals surface area (Å²) in [7, 11) is 0. The Kier molecular flexibility index (Phi) is 3.06. The molecule has 1 nitrogen and oxygen atoms in total. The first-order valence-electron chi connectivity index (χ1n) is 3.18. The summed E-state index contributed by atoms with van der Waals surface area (Å²) in [6.07, 6.45) is 2.39. The molecular formula is C7H16N. The van der Waals surface area contributed by atoms with Crippen LogP contribution in [0.3, 0.4) is 0 Å². The molecule has 1 heteroatoms. The summed E-state index contributed by atoms with van der Waals surface area (Å²) >= 11 is 0. The van der Waals surface area contributed by atoms with E-state index < -0.39 is 0 Å². The molecule has 0 fully saturated rings. The second-order valence-corrected chi connectivity index (χ2v) is 2.91. The molecular weight excluding hydrogens is 98.1 g/mol. The van der Waals surface area contributed by atoms with Crippen molar-refractivity contribution in [2.45, 2.75) is 33.6 Å². The van der Waals surface area contributed by atoms with Crippen molar-refractivity contribution in [3.63, 3.8) is 0 Å². The van der Waals surface area contributed by atoms with E-state index in [0.29, 0.717) is 0 Å². The first-order chi connectivity index (χ1) is 3.62. The molecule has 0 aromatic rings. The summed E-state index contributed by atoms with van der Waals surface area (Å²) in [6.45, 7) is 8.24. The van der Waals surface area contributed by atoms with Crippen LogP contribution in [0.1, 0.15) is 33.6 Å². The molecule has 49 valence electrons. The quantitative estimate of drug-likeness (QED) is 0.596. The van der Waals surface area contributed by atoms with Gasteiger partial charge in [0.05, 0.1) is 0 Å². The fourth-order valence-electron chi connectivity index (χ4n) is 0.728. The van der Waals surface area contributed by atoms with Crippen LogP contribution in [0.5, 0.6) is 0 Å². The molecule has 0 spiro atoms. The molecule has 8 heavy (non-hydrogen) atoms. The van der Waals surface area contributed by atoms with Gasteiger partial charge in [0.1, 0.15) is 0 Å². The number of hydrogen-bond donors (Lipinski definition) is 1. The Balaban J connectivity index is 3.37. The van der Waals surface area contributed by atoms with Crippen LogP contribution in [0.2, 0.25) is 0 Å². The van der Waals surface area contributed by atoms with Crippen LogP contribution in [-0.4, -0.2) is 0 Å². The highest BCUT2D eigenvalue weighted by atomic mass is 14.6. The van der Waals surface area contributed by atoms with Crippen molar-refractivity contribution in [1.29, 1.82) is 0 Å². The molecule has 0 saturated carbocycles. The molecule has 0 aliphatic carbocycles. The lowest BCUT2D eigenvalue weighted by atomic mass is 9.89. The van der Waals surface area contributed by atoms with Crippen LogP contribution in [-0.2, 0) is 0 Å². The highest BCUT2D eigenvalue weighted by molar-refractivity contribution is 4.78. The van der Waals surface area contributed by atoms with Gasteiger partial charge in [0.2, 0.25) is 0 Å². The largest absolute Gasteiger partial charge is 0.326 e. The van der Waals surface area contributed by atoms with Gasteiger partial charge in [-0.2, -0.15) is 0 Å². The minimum atomic E-state index is 0.245. The zero-order valence-electron chi connectivity index (χ0n) is 6.07. The van der Waals surface area contributed by atoms with Gasteiger partial charge in [-0.25, -0.2) is 0 Å². The first-order valence-corrected chi connectivity index (χ1v) is 3.18. The summed E-state index contributed by atoms with van der Waals surface area (Å²) in [6, 6.07) is 0. The zero-order chi connectivity index (χ0) is 6.62. The van der Waals surface area contributed by atoms with E-state index in [-0.39, 0.29) is 5.41 Å². The Labute approximate surface area is 52.3 Å². The fourth-order valence-corrected chi connectivity index (χ4v) is 0.728. The molecule has 0 aliphatic rings. The molecule has 2 N–H and O–H groups in total. The molecule has 0 aliphatic heterocycles. The standard InChI is InChI=1S/C7H16N/c1-4-5-7(2,3)6-8/h6H,4-5,8H2,1-3H3. The molecule has 0 amide bonds. The monoisotopic (exact) mass is 114 g/mol. The lowest BCUT2D eigenvalue weighted by Gasteiger charge is -2.19.